The van der Waals surface area contributed by atoms with Gasteiger partial charge in [0, 0.05) is 6.07 Å². The zero-order chi connectivity index (χ0) is 13.9. The van der Waals surface area contributed by atoms with Crippen molar-refractivity contribution >= 4 is 5.95 Å². The van der Waals surface area contributed by atoms with Crippen molar-refractivity contribution in [3.8, 4) is 5.88 Å². The van der Waals surface area contributed by atoms with E-state index in [-0.39, 0.29) is 12.0 Å². The number of hydrogen-bond acceptors (Lipinski definition) is 4. The van der Waals surface area contributed by atoms with Crippen LogP contribution in [0.4, 0.5) is 19.1 Å². The maximum absolute atomic E-state index is 12.5. The van der Waals surface area contributed by atoms with Gasteiger partial charge in [-0.25, -0.2) is 4.98 Å². The van der Waals surface area contributed by atoms with Crippen molar-refractivity contribution in [2.75, 3.05) is 5.73 Å². The van der Waals surface area contributed by atoms with Crippen molar-refractivity contribution in [1.82, 2.24) is 9.97 Å². The van der Waals surface area contributed by atoms with E-state index >= 15 is 0 Å². The van der Waals surface area contributed by atoms with Gasteiger partial charge in [-0.2, -0.15) is 18.2 Å². The molecule has 0 aliphatic heterocycles. The summed E-state index contributed by atoms with van der Waals surface area (Å²) in [6.07, 6.45) is -4.08. The zero-order valence-electron chi connectivity index (χ0n) is 10.5. The summed E-state index contributed by atoms with van der Waals surface area (Å²) in [7, 11) is 0. The Labute approximate surface area is 103 Å². The first kappa shape index (κ1) is 14.5. The van der Waals surface area contributed by atoms with Gasteiger partial charge in [0.25, 0.3) is 0 Å². The Bertz CT molecular complexity index is 407. The minimum Gasteiger partial charge on any atom is -0.475 e. The largest absolute Gasteiger partial charge is 0.475 e. The Morgan fingerprint density at radius 2 is 1.89 bits per heavy atom. The maximum atomic E-state index is 12.5. The molecule has 0 saturated heterocycles. The van der Waals surface area contributed by atoms with Crippen LogP contribution in [-0.2, 0) is 6.18 Å². The molecule has 0 aromatic carbocycles. The Hall–Kier alpha value is -1.53. The molecule has 1 atom stereocenters. The highest BCUT2D eigenvalue weighted by molar-refractivity contribution is 5.27. The fraction of sp³-hybridized carbons (Fsp3) is 0.636. The van der Waals surface area contributed by atoms with Crippen LogP contribution >= 0.6 is 0 Å². The van der Waals surface area contributed by atoms with Crippen molar-refractivity contribution in [2.24, 2.45) is 5.92 Å². The quantitative estimate of drug-likeness (QED) is 0.907. The van der Waals surface area contributed by atoms with Crippen molar-refractivity contribution < 1.29 is 17.9 Å². The molecule has 0 spiro atoms. The molecule has 1 aromatic heterocycles. The topological polar surface area (TPSA) is 61.0 Å². The summed E-state index contributed by atoms with van der Waals surface area (Å²) in [4.78, 5) is 6.77. The lowest BCUT2D eigenvalue weighted by atomic mass is 10.1. The number of nitrogens with two attached hydrogens (primary N) is 1. The number of halogens is 3. The molecule has 0 saturated carbocycles. The van der Waals surface area contributed by atoms with Crippen LogP contribution in [0.1, 0.15) is 32.9 Å². The Morgan fingerprint density at radius 3 is 2.39 bits per heavy atom. The number of nitrogens with zero attached hydrogens (tertiary/aromatic N) is 2. The van der Waals surface area contributed by atoms with Crippen LogP contribution in [0.15, 0.2) is 6.07 Å². The number of anilines is 1. The van der Waals surface area contributed by atoms with E-state index in [1.165, 1.54) is 0 Å². The summed E-state index contributed by atoms with van der Waals surface area (Å²) < 4.78 is 42.8. The third-order valence-electron chi connectivity index (χ3n) is 2.14. The summed E-state index contributed by atoms with van der Waals surface area (Å²) >= 11 is 0. The van der Waals surface area contributed by atoms with E-state index in [1.54, 1.807) is 6.92 Å². The fourth-order valence-electron chi connectivity index (χ4n) is 1.57. The lowest BCUT2D eigenvalue weighted by molar-refractivity contribution is -0.141. The second-order valence-electron chi connectivity index (χ2n) is 4.51. The minimum absolute atomic E-state index is 0.150. The first-order valence-electron chi connectivity index (χ1n) is 5.57. The van der Waals surface area contributed by atoms with Crippen LogP contribution in [0.2, 0.25) is 0 Å². The summed E-state index contributed by atoms with van der Waals surface area (Å²) in [5.74, 6) is -0.221. The van der Waals surface area contributed by atoms with Crippen molar-refractivity contribution in [2.45, 2.75) is 39.5 Å². The van der Waals surface area contributed by atoms with Gasteiger partial charge >= 0.3 is 6.18 Å². The monoisotopic (exact) mass is 263 g/mol. The van der Waals surface area contributed by atoms with Crippen LogP contribution in [0, 0.1) is 5.92 Å². The van der Waals surface area contributed by atoms with E-state index in [0.717, 1.165) is 6.07 Å². The lowest BCUT2D eigenvalue weighted by Crippen LogP contribution is -2.17. The molecular formula is C11H16F3N3O. The van der Waals surface area contributed by atoms with Gasteiger partial charge in [0.2, 0.25) is 11.8 Å². The van der Waals surface area contributed by atoms with E-state index < -0.39 is 17.8 Å². The highest BCUT2D eigenvalue weighted by atomic mass is 19.4. The average Bonchev–Trinajstić information content (AvgIpc) is 2.13. The molecule has 0 aliphatic rings. The van der Waals surface area contributed by atoms with Gasteiger partial charge in [-0.15, -0.1) is 0 Å². The number of hydrogen-bond donors (Lipinski definition) is 1. The molecule has 0 bridgehead atoms. The van der Waals surface area contributed by atoms with E-state index in [4.69, 9.17) is 10.5 Å². The summed E-state index contributed by atoms with van der Waals surface area (Å²) in [5.41, 5.74) is 4.14. The van der Waals surface area contributed by atoms with Crippen LogP contribution in [-0.4, -0.2) is 16.1 Å². The number of alkyl halides is 3. The summed E-state index contributed by atoms with van der Waals surface area (Å²) in [6.45, 7) is 5.76. The predicted molar refractivity (Wildman–Crippen MR) is 61.0 cm³/mol. The molecule has 1 unspecified atom stereocenters. The normalized spacial score (nSPS) is 13.7. The highest BCUT2D eigenvalue weighted by Crippen LogP contribution is 2.30. The highest BCUT2D eigenvalue weighted by Gasteiger charge is 2.34. The molecule has 0 fully saturated rings. The van der Waals surface area contributed by atoms with E-state index in [1.807, 2.05) is 13.8 Å². The van der Waals surface area contributed by atoms with Crippen LogP contribution in [0.3, 0.4) is 0 Å². The standard InChI is InChI=1S/C11H16F3N3O/c1-6(2)4-7(3)18-9-5-8(11(12,13)14)16-10(15)17-9/h5-7H,4H2,1-3H3,(H2,15,16,17). The van der Waals surface area contributed by atoms with Crippen LogP contribution < -0.4 is 10.5 Å². The molecule has 0 aliphatic carbocycles. The van der Waals surface area contributed by atoms with Crippen molar-refractivity contribution in [3.05, 3.63) is 11.8 Å². The average molecular weight is 263 g/mol. The Morgan fingerprint density at radius 1 is 1.28 bits per heavy atom. The summed E-state index contributed by atoms with van der Waals surface area (Å²) in [6, 6.07) is 0.757. The Balaban J connectivity index is 2.87. The maximum Gasteiger partial charge on any atom is 0.433 e. The van der Waals surface area contributed by atoms with Gasteiger partial charge in [-0.1, -0.05) is 13.8 Å². The molecule has 0 amide bonds. The van der Waals surface area contributed by atoms with Crippen molar-refractivity contribution in [3.63, 3.8) is 0 Å². The van der Waals surface area contributed by atoms with Gasteiger partial charge < -0.3 is 10.5 Å². The third-order valence-corrected chi connectivity index (χ3v) is 2.14. The minimum atomic E-state index is -4.56. The summed E-state index contributed by atoms with van der Waals surface area (Å²) in [5, 5.41) is 0. The molecular weight excluding hydrogens is 247 g/mol. The molecule has 18 heavy (non-hydrogen) atoms. The molecule has 0 radical (unpaired) electrons. The number of rotatable bonds is 4. The van der Waals surface area contributed by atoms with Gasteiger partial charge in [0.05, 0.1) is 6.10 Å². The zero-order valence-corrected chi connectivity index (χ0v) is 10.5. The van der Waals surface area contributed by atoms with E-state index in [2.05, 4.69) is 9.97 Å². The smallest absolute Gasteiger partial charge is 0.433 e. The van der Waals surface area contributed by atoms with E-state index in [0.29, 0.717) is 12.3 Å². The molecule has 7 heteroatoms. The molecule has 4 nitrogen and oxygen atoms in total. The molecule has 102 valence electrons. The third kappa shape index (κ3) is 4.38. The Kier molecular flexibility index (Phi) is 4.37. The van der Waals surface area contributed by atoms with Gasteiger partial charge in [-0.3, -0.25) is 0 Å². The van der Waals surface area contributed by atoms with Gasteiger partial charge in [-0.05, 0) is 19.3 Å². The predicted octanol–water partition coefficient (Wildman–Crippen LogP) is 2.89. The fourth-order valence-corrected chi connectivity index (χ4v) is 1.57. The lowest BCUT2D eigenvalue weighted by Gasteiger charge is -2.16. The van der Waals surface area contributed by atoms with Gasteiger partial charge in [0.15, 0.2) is 5.69 Å². The number of ether oxygens (including phenoxy) is 1. The van der Waals surface area contributed by atoms with Crippen molar-refractivity contribution in [1.29, 1.82) is 0 Å². The SMILES string of the molecule is CC(C)CC(C)Oc1cc(C(F)(F)F)nc(N)n1. The number of aromatic nitrogens is 2. The molecule has 1 aromatic rings. The first-order valence-corrected chi connectivity index (χ1v) is 5.57. The van der Waals surface area contributed by atoms with Gasteiger partial charge in [0.1, 0.15) is 0 Å². The first-order chi connectivity index (χ1) is 8.18. The number of nitrogen functional groups attached to an aromatic ring is 1. The van der Waals surface area contributed by atoms with Crippen LogP contribution in [0.25, 0.3) is 0 Å². The second-order valence-corrected chi connectivity index (χ2v) is 4.51. The molecule has 1 heterocycles. The van der Waals surface area contributed by atoms with Crippen LogP contribution in [0.5, 0.6) is 5.88 Å². The molecule has 2 N–H and O–H groups in total. The molecule has 1 rings (SSSR count). The van der Waals surface area contributed by atoms with E-state index in [9.17, 15) is 13.2 Å². The second kappa shape index (κ2) is 5.41.